The first-order chi connectivity index (χ1) is 7.52. The fourth-order valence-electron chi connectivity index (χ4n) is 1.03. The molecule has 0 heterocycles. The Morgan fingerprint density at radius 1 is 1.19 bits per heavy atom. The molecule has 0 bridgehead atoms. The van der Waals surface area contributed by atoms with Gasteiger partial charge in [0, 0.05) is 20.4 Å². The third kappa shape index (κ3) is 10.2. The molecule has 0 aliphatic carbocycles. The van der Waals surface area contributed by atoms with Crippen LogP contribution >= 0.6 is 0 Å². The largest absolute Gasteiger partial charge is 0.481 e. The highest BCUT2D eigenvalue weighted by Gasteiger charge is 1.92. The van der Waals surface area contributed by atoms with E-state index in [1.54, 1.807) is 0 Å². The monoisotopic (exact) mass is 223 g/mol. The molecule has 0 spiro atoms. The van der Waals surface area contributed by atoms with Crippen molar-refractivity contribution in [3.63, 3.8) is 0 Å². The number of carboxylic acid groups (broad SMARTS) is 1. The molecule has 1 aromatic carbocycles. The Balaban J connectivity index is 0.000000487. The number of carboxylic acids is 1. The van der Waals surface area contributed by atoms with Gasteiger partial charge in [-0.1, -0.05) is 30.3 Å². The van der Waals surface area contributed by atoms with Crippen LogP contribution in [0.2, 0.25) is 0 Å². The standard InChI is InChI=1S/C10H13NO.C2H4O2/c1-9(12)11-8-7-10-5-3-2-4-6-10;1-2(3)4/h2-6H,7-8H2,1H3,(H,11,12);1H3,(H,3,4). The zero-order valence-corrected chi connectivity index (χ0v) is 9.56. The predicted octanol–water partition coefficient (Wildman–Crippen LogP) is 1.46. The van der Waals surface area contributed by atoms with Crippen molar-refractivity contribution in [1.29, 1.82) is 0 Å². The fourth-order valence-corrected chi connectivity index (χ4v) is 1.03. The van der Waals surface area contributed by atoms with Gasteiger partial charge >= 0.3 is 0 Å². The Hall–Kier alpha value is -1.84. The number of nitrogens with one attached hydrogen (secondary N) is 1. The zero-order valence-electron chi connectivity index (χ0n) is 9.56. The van der Waals surface area contributed by atoms with Crippen LogP contribution in [0, 0.1) is 0 Å². The maximum absolute atomic E-state index is 10.5. The summed E-state index contributed by atoms with van der Waals surface area (Å²) in [6.07, 6.45) is 0.903. The van der Waals surface area contributed by atoms with Gasteiger partial charge in [0.2, 0.25) is 5.91 Å². The molecule has 4 nitrogen and oxygen atoms in total. The molecule has 0 aliphatic heterocycles. The molecule has 1 aromatic rings. The van der Waals surface area contributed by atoms with E-state index in [0.717, 1.165) is 19.9 Å². The summed E-state index contributed by atoms with van der Waals surface area (Å²) in [6, 6.07) is 10.1. The Bertz CT molecular complexity index is 318. The molecular weight excluding hydrogens is 206 g/mol. The molecule has 16 heavy (non-hydrogen) atoms. The number of benzene rings is 1. The van der Waals surface area contributed by atoms with E-state index in [1.165, 1.54) is 12.5 Å². The third-order valence-electron chi connectivity index (χ3n) is 1.63. The van der Waals surface area contributed by atoms with Gasteiger partial charge in [0.15, 0.2) is 0 Å². The zero-order chi connectivity index (χ0) is 12.4. The van der Waals surface area contributed by atoms with E-state index >= 15 is 0 Å². The minimum atomic E-state index is -0.833. The van der Waals surface area contributed by atoms with Gasteiger partial charge < -0.3 is 10.4 Å². The van der Waals surface area contributed by atoms with Crippen LogP contribution in [0.25, 0.3) is 0 Å². The van der Waals surface area contributed by atoms with E-state index in [1.807, 2.05) is 18.2 Å². The molecule has 1 rings (SSSR count). The number of hydrogen-bond acceptors (Lipinski definition) is 2. The summed E-state index contributed by atoms with van der Waals surface area (Å²) in [4.78, 5) is 19.5. The second-order valence-electron chi connectivity index (χ2n) is 3.24. The van der Waals surface area contributed by atoms with E-state index in [-0.39, 0.29) is 5.91 Å². The topological polar surface area (TPSA) is 66.4 Å². The highest BCUT2D eigenvalue weighted by atomic mass is 16.4. The lowest BCUT2D eigenvalue weighted by molar-refractivity contribution is -0.134. The second kappa shape index (κ2) is 8.47. The van der Waals surface area contributed by atoms with Crippen molar-refractivity contribution >= 4 is 11.9 Å². The first-order valence-electron chi connectivity index (χ1n) is 5.00. The summed E-state index contributed by atoms with van der Waals surface area (Å²) < 4.78 is 0. The summed E-state index contributed by atoms with van der Waals surface area (Å²) in [6.45, 7) is 3.34. The highest BCUT2D eigenvalue weighted by molar-refractivity contribution is 5.72. The number of rotatable bonds is 3. The summed E-state index contributed by atoms with van der Waals surface area (Å²) in [5.41, 5.74) is 1.26. The van der Waals surface area contributed by atoms with Crippen LogP contribution in [0.15, 0.2) is 30.3 Å². The van der Waals surface area contributed by atoms with Crippen LogP contribution in [0.3, 0.4) is 0 Å². The lowest BCUT2D eigenvalue weighted by atomic mass is 10.1. The fraction of sp³-hybridized carbons (Fsp3) is 0.333. The van der Waals surface area contributed by atoms with Crippen LogP contribution in [0.4, 0.5) is 0 Å². The molecule has 0 atom stereocenters. The van der Waals surface area contributed by atoms with E-state index < -0.39 is 5.97 Å². The molecule has 0 fully saturated rings. The van der Waals surface area contributed by atoms with Gasteiger partial charge in [-0.15, -0.1) is 0 Å². The molecule has 1 amide bonds. The molecule has 2 N–H and O–H groups in total. The van der Waals surface area contributed by atoms with Crippen molar-refractivity contribution in [2.75, 3.05) is 6.54 Å². The number of amides is 1. The Morgan fingerprint density at radius 3 is 2.12 bits per heavy atom. The molecule has 0 saturated heterocycles. The SMILES string of the molecule is CC(=O)NCCc1ccccc1.CC(=O)O. The highest BCUT2D eigenvalue weighted by Crippen LogP contribution is 1.97. The van der Waals surface area contributed by atoms with Crippen molar-refractivity contribution in [1.82, 2.24) is 5.32 Å². The Kier molecular flexibility index (Phi) is 7.49. The van der Waals surface area contributed by atoms with Crippen LogP contribution in [0.1, 0.15) is 19.4 Å². The number of carbonyl (C=O) groups excluding carboxylic acids is 1. The van der Waals surface area contributed by atoms with Gasteiger partial charge in [0.05, 0.1) is 0 Å². The quantitative estimate of drug-likeness (QED) is 0.815. The van der Waals surface area contributed by atoms with Crippen LogP contribution < -0.4 is 5.32 Å². The molecule has 0 aliphatic rings. The van der Waals surface area contributed by atoms with E-state index in [9.17, 15) is 4.79 Å². The van der Waals surface area contributed by atoms with Crippen LogP contribution in [0.5, 0.6) is 0 Å². The third-order valence-corrected chi connectivity index (χ3v) is 1.63. The van der Waals surface area contributed by atoms with Crippen molar-refractivity contribution in [2.24, 2.45) is 0 Å². The molecule has 0 saturated carbocycles. The first kappa shape index (κ1) is 14.2. The lowest BCUT2D eigenvalue weighted by Crippen LogP contribution is -2.22. The minimum Gasteiger partial charge on any atom is -0.481 e. The summed E-state index contributed by atoms with van der Waals surface area (Å²) >= 11 is 0. The maximum atomic E-state index is 10.5. The average Bonchev–Trinajstić information content (AvgIpc) is 2.18. The van der Waals surface area contributed by atoms with Gasteiger partial charge in [0.25, 0.3) is 5.97 Å². The van der Waals surface area contributed by atoms with Crippen molar-refractivity contribution in [3.8, 4) is 0 Å². The normalized spacial score (nSPS) is 8.62. The number of aliphatic carboxylic acids is 1. The number of carbonyl (C=O) groups is 2. The van der Waals surface area contributed by atoms with Gasteiger partial charge in [-0.05, 0) is 12.0 Å². The second-order valence-corrected chi connectivity index (χ2v) is 3.24. The molecular formula is C12H17NO3. The summed E-state index contributed by atoms with van der Waals surface area (Å²) in [5, 5.41) is 10.2. The minimum absolute atomic E-state index is 0.0333. The van der Waals surface area contributed by atoms with Crippen molar-refractivity contribution in [3.05, 3.63) is 35.9 Å². The Morgan fingerprint density at radius 2 is 1.69 bits per heavy atom. The van der Waals surface area contributed by atoms with Crippen LogP contribution in [-0.4, -0.2) is 23.5 Å². The summed E-state index contributed by atoms with van der Waals surface area (Å²) in [5.74, 6) is -0.800. The average molecular weight is 223 g/mol. The molecule has 88 valence electrons. The summed E-state index contributed by atoms with van der Waals surface area (Å²) in [7, 11) is 0. The van der Waals surface area contributed by atoms with E-state index in [4.69, 9.17) is 9.90 Å². The molecule has 0 aromatic heterocycles. The van der Waals surface area contributed by atoms with Gasteiger partial charge in [0.1, 0.15) is 0 Å². The lowest BCUT2D eigenvalue weighted by Gasteiger charge is -2.01. The van der Waals surface area contributed by atoms with Crippen molar-refractivity contribution < 1.29 is 14.7 Å². The van der Waals surface area contributed by atoms with Crippen molar-refractivity contribution in [2.45, 2.75) is 20.3 Å². The van der Waals surface area contributed by atoms with Gasteiger partial charge in [-0.25, -0.2) is 0 Å². The molecule has 4 heteroatoms. The number of hydrogen-bond donors (Lipinski definition) is 2. The predicted molar refractivity (Wildman–Crippen MR) is 62.1 cm³/mol. The van der Waals surface area contributed by atoms with Crippen LogP contribution in [-0.2, 0) is 16.0 Å². The molecule has 0 radical (unpaired) electrons. The van der Waals surface area contributed by atoms with Gasteiger partial charge in [-0.3, -0.25) is 9.59 Å². The van der Waals surface area contributed by atoms with E-state index in [0.29, 0.717) is 0 Å². The molecule has 0 unspecified atom stereocenters. The first-order valence-corrected chi connectivity index (χ1v) is 5.00. The van der Waals surface area contributed by atoms with Gasteiger partial charge in [-0.2, -0.15) is 0 Å². The van der Waals surface area contributed by atoms with E-state index in [2.05, 4.69) is 17.4 Å². The Labute approximate surface area is 95.3 Å². The smallest absolute Gasteiger partial charge is 0.300 e. The maximum Gasteiger partial charge on any atom is 0.300 e.